The van der Waals surface area contributed by atoms with Crippen LogP contribution >= 0.6 is 11.6 Å². The Labute approximate surface area is 86.5 Å². The third-order valence-corrected chi connectivity index (χ3v) is 2.09. The second-order valence-electron chi connectivity index (χ2n) is 3.34. The maximum Gasteiger partial charge on any atom is 0.278 e. The molecule has 0 saturated carbocycles. The summed E-state index contributed by atoms with van der Waals surface area (Å²) in [5, 5.41) is 3.27. The molecular formula is C9H11ClN2O2. The van der Waals surface area contributed by atoms with Gasteiger partial charge >= 0.3 is 0 Å². The van der Waals surface area contributed by atoms with Crippen molar-refractivity contribution in [1.29, 1.82) is 0 Å². The summed E-state index contributed by atoms with van der Waals surface area (Å²) in [5.41, 5.74) is 0.193. The van der Waals surface area contributed by atoms with Crippen LogP contribution in [0.1, 0.15) is 35.8 Å². The molecule has 1 aromatic heterocycles. The van der Waals surface area contributed by atoms with Crippen molar-refractivity contribution in [1.82, 2.24) is 9.78 Å². The lowest BCUT2D eigenvalue weighted by Crippen LogP contribution is -2.26. The Kier molecular flexibility index (Phi) is 3.06. The van der Waals surface area contributed by atoms with E-state index in [1.165, 1.54) is 13.1 Å². The zero-order valence-corrected chi connectivity index (χ0v) is 9.00. The second kappa shape index (κ2) is 3.92. The number of carbonyl (C=O) groups is 1. The van der Waals surface area contributed by atoms with Crippen molar-refractivity contribution in [2.75, 3.05) is 0 Å². The Morgan fingerprint density at radius 2 is 2.14 bits per heavy atom. The Morgan fingerprint density at radius 3 is 2.57 bits per heavy atom. The highest BCUT2D eigenvalue weighted by atomic mass is 35.5. The first-order chi connectivity index (χ1) is 6.43. The van der Waals surface area contributed by atoms with Crippen molar-refractivity contribution in [2.45, 2.75) is 19.8 Å². The molecule has 0 unspecified atom stereocenters. The molecule has 1 heterocycles. The van der Waals surface area contributed by atoms with E-state index in [0.717, 1.165) is 4.68 Å². The van der Waals surface area contributed by atoms with Crippen molar-refractivity contribution in [3.05, 3.63) is 27.7 Å². The minimum Gasteiger partial charge on any atom is -0.275 e. The third kappa shape index (κ3) is 2.01. The number of rotatable bonds is 2. The molecule has 0 aliphatic rings. The third-order valence-electron chi connectivity index (χ3n) is 1.89. The van der Waals surface area contributed by atoms with E-state index in [4.69, 9.17) is 11.6 Å². The van der Waals surface area contributed by atoms with Crippen LogP contribution in [0.2, 0.25) is 0 Å². The summed E-state index contributed by atoms with van der Waals surface area (Å²) < 4.78 is 1.13. The Balaban J connectivity index is 3.43. The molecular weight excluding hydrogens is 204 g/mol. The Morgan fingerprint density at radius 1 is 1.57 bits per heavy atom. The molecule has 0 amide bonds. The number of carbonyl (C=O) groups excluding carboxylic acids is 1. The lowest BCUT2D eigenvalue weighted by atomic mass is 10.1. The topological polar surface area (TPSA) is 52.0 Å². The first-order valence-corrected chi connectivity index (χ1v) is 4.59. The van der Waals surface area contributed by atoms with Gasteiger partial charge in [-0.2, -0.15) is 5.10 Å². The van der Waals surface area contributed by atoms with Crippen molar-refractivity contribution in [2.24, 2.45) is 7.05 Å². The van der Waals surface area contributed by atoms with E-state index >= 15 is 0 Å². The fourth-order valence-corrected chi connectivity index (χ4v) is 1.19. The van der Waals surface area contributed by atoms with Crippen LogP contribution in [0.3, 0.4) is 0 Å². The quantitative estimate of drug-likeness (QED) is 0.697. The van der Waals surface area contributed by atoms with Gasteiger partial charge in [0.1, 0.15) is 5.56 Å². The van der Waals surface area contributed by atoms with Gasteiger partial charge in [0.05, 0.1) is 5.69 Å². The van der Waals surface area contributed by atoms with E-state index in [1.807, 2.05) is 13.8 Å². The fourth-order valence-electron chi connectivity index (χ4n) is 1.05. The zero-order chi connectivity index (χ0) is 10.9. The predicted molar refractivity (Wildman–Crippen MR) is 53.8 cm³/mol. The molecule has 5 heteroatoms. The molecule has 0 saturated heterocycles. The first-order valence-electron chi connectivity index (χ1n) is 4.21. The normalized spacial score (nSPS) is 10.6. The molecule has 0 aromatic carbocycles. The van der Waals surface area contributed by atoms with Crippen molar-refractivity contribution in [3.63, 3.8) is 0 Å². The van der Waals surface area contributed by atoms with Gasteiger partial charge < -0.3 is 0 Å². The maximum absolute atomic E-state index is 11.4. The number of halogens is 1. The van der Waals surface area contributed by atoms with E-state index in [-0.39, 0.29) is 11.5 Å². The van der Waals surface area contributed by atoms with Crippen molar-refractivity contribution in [3.8, 4) is 0 Å². The van der Waals surface area contributed by atoms with Crippen molar-refractivity contribution < 1.29 is 4.79 Å². The van der Waals surface area contributed by atoms with Gasteiger partial charge in [-0.05, 0) is 23.6 Å². The predicted octanol–water partition coefficient (Wildman–Crippen LogP) is 1.28. The van der Waals surface area contributed by atoms with Gasteiger partial charge in [0, 0.05) is 7.05 Å². The Hall–Kier alpha value is -1.16. The zero-order valence-electron chi connectivity index (χ0n) is 8.24. The van der Waals surface area contributed by atoms with E-state index in [0.29, 0.717) is 5.69 Å². The van der Waals surface area contributed by atoms with Crippen LogP contribution in [0.15, 0.2) is 10.9 Å². The first kappa shape index (κ1) is 10.9. The lowest BCUT2D eigenvalue weighted by Gasteiger charge is -2.07. The molecule has 0 N–H and O–H groups in total. The van der Waals surface area contributed by atoms with Crippen LogP contribution in [-0.2, 0) is 7.05 Å². The molecule has 14 heavy (non-hydrogen) atoms. The van der Waals surface area contributed by atoms with Gasteiger partial charge in [-0.3, -0.25) is 9.59 Å². The number of hydrogen-bond acceptors (Lipinski definition) is 3. The molecule has 0 aliphatic carbocycles. The largest absolute Gasteiger partial charge is 0.278 e. The van der Waals surface area contributed by atoms with Gasteiger partial charge in [-0.1, -0.05) is 13.8 Å². The molecule has 0 aliphatic heterocycles. The average molecular weight is 215 g/mol. The molecule has 0 atom stereocenters. The summed E-state index contributed by atoms with van der Waals surface area (Å²) in [5.74, 6) is 0.150. The molecule has 1 aromatic rings. The van der Waals surface area contributed by atoms with E-state index in [2.05, 4.69) is 5.10 Å². The van der Waals surface area contributed by atoms with Gasteiger partial charge in [0.2, 0.25) is 0 Å². The van der Waals surface area contributed by atoms with Gasteiger partial charge in [0.25, 0.3) is 10.8 Å². The van der Waals surface area contributed by atoms with Crippen molar-refractivity contribution >= 4 is 16.8 Å². The SMILES string of the molecule is CC(C)c1cc(C(=O)Cl)c(=O)n(C)n1. The average Bonchev–Trinajstić information content (AvgIpc) is 2.08. The number of aryl methyl sites for hydroxylation is 1. The molecule has 76 valence electrons. The van der Waals surface area contributed by atoms with Crippen LogP contribution in [-0.4, -0.2) is 15.0 Å². The van der Waals surface area contributed by atoms with Crippen LogP contribution in [0.25, 0.3) is 0 Å². The number of hydrogen-bond donors (Lipinski definition) is 0. The molecule has 1 rings (SSSR count). The summed E-state index contributed by atoms with van der Waals surface area (Å²) in [7, 11) is 1.50. The molecule has 0 spiro atoms. The Bertz CT molecular complexity index is 423. The van der Waals surface area contributed by atoms with Crippen LogP contribution < -0.4 is 5.56 Å². The minimum absolute atomic E-state index is 0.0205. The van der Waals surface area contributed by atoms with E-state index in [9.17, 15) is 9.59 Å². The highest BCUT2D eigenvalue weighted by Crippen LogP contribution is 2.11. The summed E-state index contributed by atoms with van der Waals surface area (Å²) >= 11 is 5.28. The number of aromatic nitrogens is 2. The smallest absolute Gasteiger partial charge is 0.275 e. The van der Waals surface area contributed by atoms with E-state index in [1.54, 1.807) is 0 Å². The maximum atomic E-state index is 11.4. The monoisotopic (exact) mass is 214 g/mol. The van der Waals surface area contributed by atoms with Crippen LogP contribution in [0, 0.1) is 0 Å². The van der Waals surface area contributed by atoms with Crippen LogP contribution in [0.4, 0.5) is 0 Å². The molecule has 0 radical (unpaired) electrons. The summed E-state index contributed by atoms with van der Waals surface area (Å²) in [6.07, 6.45) is 0. The lowest BCUT2D eigenvalue weighted by molar-refractivity contribution is 0.107. The van der Waals surface area contributed by atoms with Crippen LogP contribution in [0.5, 0.6) is 0 Å². The number of nitrogens with zero attached hydrogens (tertiary/aromatic N) is 2. The van der Waals surface area contributed by atoms with E-state index < -0.39 is 10.8 Å². The highest BCUT2D eigenvalue weighted by molar-refractivity contribution is 6.67. The highest BCUT2D eigenvalue weighted by Gasteiger charge is 2.13. The van der Waals surface area contributed by atoms with Gasteiger partial charge in [-0.15, -0.1) is 0 Å². The molecule has 0 bridgehead atoms. The summed E-state index contributed by atoms with van der Waals surface area (Å²) in [6, 6.07) is 1.45. The summed E-state index contributed by atoms with van der Waals surface area (Å²) in [4.78, 5) is 22.3. The fraction of sp³-hybridized carbons (Fsp3) is 0.444. The summed E-state index contributed by atoms with van der Waals surface area (Å²) in [6.45, 7) is 3.85. The standard InChI is InChI=1S/C9H11ClN2O2/c1-5(2)7-4-6(8(10)13)9(14)12(3)11-7/h4-5H,1-3H3. The van der Waals surface area contributed by atoms with Gasteiger partial charge in [0.15, 0.2) is 0 Å². The molecule has 4 nitrogen and oxygen atoms in total. The van der Waals surface area contributed by atoms with Gasteiger partial charge in [-0.25, -0.2) is 4.68 Å². The minimum atomic E-state index is -0.741. The second-order valence-corrected chi connectivity index (χ2v) is 3.68. The molecule has 0 fully saturated rings.